The van der Waals surface area contributed by atoms with Crippen LogP contribution in [-0.2, 0) is 4.74 Å². The first-order valence-electron chi connectivity index (χ1n) is 6.99. The molecule has 0 amide bonds. The topological polar surface area (TPSA) is 33.6 Å². The Morgan fingerprint density at radius 1 is 1.39 bits per heavy atom. The van der Waals surface area contributed by atoms with Crippen LogP contribution in [-0.4, -0.2) is 35.7 Å². The standard InChI is InChI=1S/C14H26N2OS/c1-6-14(7-2)9-18-12(16-14)15-10-8-11(17-5)13(10,3)4/h10-11H,6-9H2,1-5H3,(H,15,16). The van der Waals surface area contributed by atoms with Crippen molar-refractivity contribution in [1.29, 1.82) is 0 Å². The predicted octanol–water partition coefficient (Wildman–Crippen LogP) is 3.05. The highest BCUT2D eigenvalue weighted by Crippen LogP contribution is 2.45. The number of amidine groups is 1. The van der Waals surface area contributed by atoms with Gasteiger partial charge >= 0.3 is 0 Å². The van der Waals surface area contributed by atoms with Crippen molar-refractivity contribution in [1.82, 2.24) is 5.32 Å². The van der Waals surface area contributed by atoms with E-state index in [1.165, 1.54) is 12.8 Å². The van der Waals surface area contributed by atoms with E-state index in [-0.39, 0.29) is 11.0 Å². The molecule has 104 valence electrons. The summed E-state index contributed by atoms with van der Waals surface area (Å²) in [6.45, 7) is 9.03. The minimum atomic E-state index is 0.174. The Morgan fingerprint density at radius 3 is 2.50 bits per heavy atom. The SMILES string of the molecule is CCC1(CC)CSC(=NC2CC(OC)C2(C)C)N1. The molecule has 0 aromatic rings. The van der Waals surface area contributed by atoms with Crippen LogP contribution in [0.3, 0.4) is 0 Å². The summed E-state index contributed by atoms with van der Waals surface area (Å²) in [7, 11) is 1.80. The summed E-state index contributed by atoms with van der Waals surface area (Å²) in [5.74, 6) is 1.15. The van der Waals surface area contributed by atoms with E-state index in [2.05, 4.69) is 33.0 Å². The Labute approximate surface area is 115 Å². The minimum Gasteiger partial charge on any atom is -0.381 e. The first-order chi connectivity index (χ1) is 8.47. The molecule has 3 nitrogen and oxygen atoms in total. The molecule has 0 aromatic carbocycles. The van der Waals surface area contributed by atoms with E-state index in [9.17, 15) is 0 Å². The summed E-state index contributed by atoms with van der Waals surface area (Å²) in [6.07, 6.45) is 3.76. The summed E-state index contributed by atoms with van der Waals surface area (Å²) < 4.78 is 5.48. The molecular weight excluding hydrogens is 244 g/mol. The third-order valence-electron chi connectivity index (χ3n) is 4.89. The number of nitrogens with one attached hydrogen (secondary N) is 1. The second-order valence-electron chi connectivity index (χ2n) is 6.13. The van der Waals surface area contributed by atoms with Crippen LogP contribution in [0.4, 0.5) is 0 Å². The third-order valence-corrected chi connectivity index (χ3v) is 6.07. The quantitative estimate of drug-likeness (QED) is 0.852. The average Bonchev–Trinajstić information content (AvgIpc) is 2.78. The lowest BCUT2D eigenvalue weighted by atomic mass is 9.65. The summed E-state index contributed by atoms with van der Waals surface area (Å²) in [5, 5.41) is 4.79. The zero-order valence-electron chi connectivity index (χ0n) is 12.2. The van der Waals surface area contributed by atoms with E-state index in [0.29, 0.717) is 12.1 Å². The Balaban J connectivity index is 2.01. The van der Waals surface area contributed by atoms with Crippen molar-refractivity contribution < 1.29 is 4.74 Å². The number of aliphatic imine (C=N–C) groups is 1. The summed E-state index contributed by atoms with van der Waals surface area (Å²) in [5.41, 5.74) is 0.450. The fourth-order valence-electron chi connectivity index (χ4n) is 2.83. The Kier molecular flexibility index (Phi) is 3.98. The number of hydrogen-bond donors (Lipinski definition) is 1. The molecule has 1 N–H and O–H groups in total. The van der Waals surface area contributed by atoms with Crippen LogP contribution in [0.25, 0.3) is 0 Å². The molecule has 2 fully saturated rings. The van der Waals surface area contributed by atoms with Crippen molar-refractivity contribution in [2.24, 2.45) is 10.4 Å². The smallest absolute Gasteiger partial charge is 0.157 e. The van der Waals surface area contributed by atoms with Gasteiger partial charge < -0.3 is 10.1 Å². The molecule has 1 saturated heterocycles. The number of nitrogens with zero attached hydrogens (tertiary/aromatic N) is 1. The molecule has 0 spiro atoms. The average molecular weight is 270 g/mol. The summed E-state index contributed by atoms with van der Waals surface area (Å²) in [4.78, 5) is 4.91. The van der Waals surface area contributed by atoms with Gasteiger partial charge in [0.2, 0.25) is 0 Å². The highest BCUT2D eigenvalue weighted by molar-refractivity contribution is 8.14. The van der Waals surface area contributed by atoms with Gasteiger partial charge in [-0.1, -0.05) is 39.5 Å². The molecule has 4 heteroatoms. The zero-order valence-corrected chi connectivity index (χ0v) is 13.1. The normalized spacial score (nSPS) is 35.3. The molecule has 0 radical (unpaired) electrons. The Morgan fingerprint density at radius 2 is 2.06 bits per heavy atom. The fraction of sp³-hybridized carbons (Fsp3) is 0.929. The Hall–Kier alpha value is -0.220. The van der Waals surface area contributed by atoms with Crippen molar-refractivity contribution in [3.05, 3.63) is 0 Å². The van der Waals surface area contributed by atoms with E-state index in [0.717, 1.165) is 17.3 Å². The van der Waals surface area contributed by atoms with Gasteiger partial charge in [-0.3, -0.25) is 4.99 Å². The van der Waals surface area contributed by atoms with E-state index in [1.54, 1.807) is 7.11 Å². The molecule has 1 heterocycles. The van der Waals surface area contributed by atoms with Gasteiger partial charge in [0.1, 0.15) is 0 Å². The molecule has 18 heavy (non-hydrogen) atoms. The molecule has 2 rings (SSSR count). The number of thioether (sulfide) groups is 1. The van der Waals surface area contributed by atoms with Gasteiger partial charge in [0.15, 0.2) is 5.17 Å². The molecule has 0 bridgehead atoms. The van der Waals surface area contributed by atoms with Crippen LogP contribution >= 0.6 is 11.8 Å². The van der Waals surface area contributed by atoms with Gasteiger partial charge in [-0.05, 0) is 19.3 Å². The second kappa shape index (κ2) is 5.04. The van der Waals surface area contributed by atoms with Gasteiger partial charge in [0, 0.05) is 23.8 Å². The third kappa shape index (κ3) is 2.29. The summed E-state index contributed by atoms with van der Waals surface area (Å²) >= 11 is 1.88. The van der Waals surface area contributed by atoms with Crippen molar-refractivity contribution >= 4 is 16.9 Å². The van der Waals surface area contributed by atoms with Gasteiger partial charge in [0.25, 0.3) is 0 Å². The van der Waals surface area contributed by atoms with Crippen LogP contribution in [0.15, 0.2) is 4.99 Å². The minimum absolute atomic E-state index is 0.174. The largest absolute Gasteiger partial charge is 0.381 e. The molecule has 2 aliphatic rings. The molecule has 1 saturated carbocycles. The zero-order chi connectivity index (χ0) is 13.4. The van der Waals surface area contributed by atoms with Crippen LogP contribution in [0.5, 0.6) is 0 Å². The van der Waals surface area contributed by atoms with Crippen molar-refractivity contribution in [2.75, 3.05) is 12.9 Å². The molecule has 1 aliphatic heterocycles. The number of methoxy groups -OCH3 is 1. The lowest BCUT2D eigenvalue weighted by molar-refractivity contribution is -0.0850. The maximum absolute atomic E-state index is 5.48. The number of ether oxygens (including phenoxy) is 1. The van der Waals surface area contributed by atoms with Crippen LogP contribution in [0.1, 0.15) is 47.0 Å². The molecule has 2 unspecified atom stereocenters. The maximum atomic E-state index is 5.48. The lowest BCUT2D eigenvalue weighted by Gasteiger charge is -2.49. The van der Waals surface area contributed by atoms with Gasteiger partial charge in [-0.25, -0.2) is 0 Å². The van der Waals surface area contributed by atoms with Crippen molar-refractivity contribution in [3.63, 3.8) is 0 Å². The van der Waals surface area contributed by atoms with Gasteiger partial charge in [-0.2, -0.15) is 0 Å². The lowest BCUT2D eigenvalue weighted by Crippen LogP contribution is -2.54. The van der Waals surface area contributed by atoms with E-state index in [4.69, 9.17) is 9.73 Å². The van der Waals surface area contributed by atoms with Crippen molar-refractivity contribution in [3.8, 4) is 0 Å². The number of hydrogen-bond acceptors (Lipinski definition) is 3. The predicted molar refractivity (Wildman–Crippen MR) is 79.3 cm³/mol. The molecule has 2 atom stereocenters. The van der Waals surface area contributed by atoms with E-state index < -0.39 is 0 Å². The first-order valence-corrected chi connectivity index (χ1v) is 7.97. The van der Waals surface area contributed by atoms with E-state index >= 15 is 0 Å². The fourth-order valence-corrected chi connectivity index (χ4v) is 4.21. The van der Waals surface area contributed by atoms with Crippen molar-refractivity contribution in [2.45, 2.75) is 64.6 Å². The molecule has 0 aromatic heterocycles. The number of rotatable bonds is 4. The maximum Gasteiger partial charge on any atom is 0.157 e. The van der Waals surface area contributed by atoms with Crippen LogP contribution < -0.4 is 5.32 Å². The summed E-state index contributed by atoms with van der Waals surface area (Å²) in [6, 6.07) is 0.405. The van der Waals surface area contributed by atoms with E-state index in [1.807, 2.05) is 11.8 Å². The highest BCUT2D eigenvalue weighted by atomic mass is 32.2. The monoisotopic (exact) mass is 270 g/mol. The Bertz CT molecular complexity index is 337. The molecular formula is C14H26N2OS. The van der Waals surface area contributed by atoms with Crippen LogP contribution in [0, 0.1) is 5.41 Å². The molecule has 1 aliphatic carbocycles. The van der Waals surface area contributed by atoms with Crippen LogP contribution in [0.2, 0.25) is 0 Å². The second-order valence-corrected chi connectivity index (χ2v) is 7.10. The highest BCUT2D eigenvalue weighted by Gasteiger charge is 2.49. The van der Waals surface area contributed by atoms with Gasteiger partial charge in [-0.15, -0.1) is 0 Å². The first kappa shape index (κ1) is 14.2. The van der Waals surface area contributed by atoms with Gasteiger partial charge in [0.05, 0.1) is 12.1 Å².